The molecule has 2 amide bonds. The van der Waals surface area contributed by atoms with Crippen molar-refractivity contribution in [3.8, 4) is 5.88 Å². The number of amides is 2. The molecule has 9 heteroatoms. The number of likely N-dealkylation sites (tertiary alicyclic amines) is 1. The first-order chi connectivity index (χ1) is 13.9. The monoisotopic (exact) mass is 419 g/mol. The highest BCUT2D eigenvalue weighted by Crippen LogP contribution is 2.24. The summed E-state index contributed by atoms with van der Waals surface area (Å²) < 4.78 is 6.95. The summed E-state index contributed by atoms with van der Waals surface area (Å²) in [6.07, 6.45) is 1.25. The third-order valence-electron chi connectivity index (χ3n) is 4.95. The SMILES string of the molecule is COc1c(C(=O)N2CCC(C(=O)NC(C)C)CC2)nnn1Cc1ccccc1Cl. The first-order valence-electron chi connectivity index (χ1n) is 9.71. The number of carbonyl (C=O) groups excluding carboxylic acids is 2. The van der Waals surface area contributed by atoms with E-state index < -0.39 is 0 Å². The molecule has 0 spiro atoms. The van der Waals surface area contributed by atoms with Gasteiger partial charge in [-0.15, -0.1) is 5.10 Å². The minimum atomic E-state index is -0.241. The van der Waals surface area contributed by atoms with Gasteiger partial charge in [0.1, 0.15) is 0 Å². The van der Waals surface area contributed by atoms with Crippen molar-refractivity contribution in [3.63, 3.8) is 0 Å². The smallest absolute Gasteiger partial charge is 0.280 e. The lowest BCUT2D eigenvalue weighted by atomic mass is 9.95. The van der Waals surface area contributed by atoms with Gasteiger partial charge in [0, 0.05) is 30.1 Å². The number of methoxy groups -OCH3 is 1. The largest absolute Gasteiger partial charge is 0.479 e. The van der Waals surface area contributed by atoms with Crippen LogP contribution in [0.15, 0.2) is 24.3 Å². The number of ether oxygens (including phenoxy) is 1. The first kappa shape index (κ1) is 21.1. The Morgan fingerprint density at radius 3 is 2.59 bits per heavy atom. The van der Waals surface area contributed by atoms with Crippen molar-refractivity contribution < 1.29 is 14.3 Å². The average molecular weight is 420 g/mol. The van der Waals surface area contributed by atoms with Gasteiger partial charge in [-0.25, -0.2) is 4.68 Å². The Kier molecular flexibility index (Phi) is 6.74. The van der Waals surface area contributed by atoms with E-state index in [1.54, 1.807) is 11.0 Å². The summed E-state index contributed by atoms with van der Waals surface area (Å²) in [4.78, 5) is 26.9. The topological polar surface area (TPSA) is 89.3 Å². The van der Waals surface area contributed by atoms with E-state index in [2.05, 4.69) is 15.6 Å². The number of hydrogen-bond donors (Lipinski definition) is 1. The number of hydrogen-bond acceptors (Lipinski definition) is 5. The maximum absolute atomic E-state index is 13.0. The van der Waals surface area contributed by atoms with Gasteiger partial charge in [0.05, 0.1) is 13.7 Å². The van der Waals surface area contributed by atoms with Crippen LogP contribution in [-0.4, -0.2) is 57.9 Å². The lowest BCUT2D eigenvalue weighted by molar-refractivity contribution is -0.126. The zero-order chi connectivity index (χ0) is 21.0. The molecule has 156 valence electrons. The number of rotatable bonds is 6. The molecular formula is C20H26ClN5O3. The van der Waals surface area contributed by atoms with Crippen molar-refractivity contribution in [2.75, 3.05) is 20.2 Å². The van der Waals surface area contributed by atoms with Crippen LogP contribution in [0.4, 0.5) is 0 Å². The van der Waals surface area contributed by atoms with Crippen LogP contribution in [0.1, 0.15) is 42.7 Å². The summed E-state index contributed by atoms with van der Waals surface area (Å²) in [5.41, 5.74) is 1.03. The van der Waals surface area contributed by atoms with Gasteiger partial charge in [0.25, 0.3) is 5.91 Å². The van der Waals surface area contributed by atoms with Gasteiger partial charge >= 0.3 is 0 Å². The average Bonchev–Trinajstić information content (AvgIpc) is 3.11. The Morgan fingerprint density at radius 2 is 1.97 bits per heavy atom. The molecule has 0 aliphatic carbocycles. The molecule has 1 saturated heterocycles. The molecule has 1 fully saturated rings. The maximum atomic E-state index is 13.0. The van der Waals surface area contributed by atoms with Gasteiger partial charge in [-0.2, -0.15) is 0 Å². The molecule has 2 heterocycles. The first-order valence-corrected chi connectivity index (χ1v) is 10.1. The van der Waals surface area contributed by atoms with E-state index in [0.717, 1.165) is 5.56 Å². The fourth-order valence-corrected chi connectivity index (χ4v) is 3.62. The number of halogens is 1. The third-order valence-corrected chi connectivity index (χ3v) is 5.32. The van der Waals surface area contributed by atoms with Gasteiger partial charge in [-0.05, 0) is 38.3 Å². The molecule has 0 unspecified atom stereocenters. The van der Waals surface area contributed by atoms with Crippen LogP contribution in [0.25, 0.3) is 0 Å². The number of piperidine rings is 1. The summed E-state index contributed by atoms with van der Waals surface area (Å²) in [5.74, 6) is 0.0409. The summed E-state index contributed by atoms with van der Waals surface area (Å²) in [7, 11) is 1.49. The van der Waals surface area contributed by atoms with Crippen LogP contribution in [0.2, 0.25) is 5.02 Å². The maximum Gasteiger partial charge on any atom is 0.280 e. The number of benzene rings is 1. The number of nitrogens with one attached hydrogen (secondary N) is 1. The molecule has 1 aromatic carbocycles. The van der Waals surface area contributed by atoms with Crippen molar-refractivity contribution in [2.24, 2.45) is 5.92 Å². The van der Waals surface area contributed by atoms with Crippen molar-refractivity contribution in [3.05, 3.63) is 40.5 Å². The molecule has 1 aromatic heterocycles. The Labute approximate surface area is 175 Å². The van der Waals surface area contributed by atoms with Crippen molar-refractivity contribution in [1.82, 2.24) is 25.2 Å². The Hall–Kier alpha value is -2.61. The molecule has 1 aliphatic rings. The van der Waals surface area contributed by atoms with E-state index in [9.17, 15) is 9.59 Å². The molecule has 3 rings (SSSR count). The van der Waals surface area contributed by atoms with Gasteiger partial charge in [-0.1, -0.05) is 35.0 Å². The van der Waals surface area contributed by atoms with Crippen molar-refractivity contribution in [2.45, 2.75) is 39.3 Å². The third kappa shape index (κ3) is 4.87. The lowest BCUT2D eigenvalue weighted by Gasteiger charge is -2.31. The fraction of sp³-hybridized carbons (Fsp3) is 0.500. The molecule has 0 saturated carbocycles. The minimum Gasteiger partial charge on any atom is -0.479 e. The molecule has 8 nitrogen and oxygen atoms in total. The van der Waals surface area contributed by atoms with Crippen molar-refractivity contribution >= 4 is 23.4 Å². The molecule has 0 atom stereocenters. The standard InChI is InChI=1S/C20H26ClN5O3/c1-13(2)22-18(27)14-8-10-25(11-9-14)19(28)17-20(29-3)26(24-23-17)12-15-6-4-5-7-16(15)21/h4-7,13-14H,8-12H2,1-3H3,(H,22,27). The van der Waals surface area contributed by atoms with Crippen LogP contribution in [0.3, 0.4) is 0 Å². The second kappa shape index (κ2) is 9.26. The highest BCUT2D eigenvalue weighted by molar-refractivity contribution is 6.31. The lowest BCUT2D eigenvalue weighted by Crippen LogP contribution is -2.44. The summed E-state index contributed by atoms with van der Waals surface area (Å²) in [6.45, 7) is 5.22. The van der Waals surface area contributed by atoms with Gasteiger partial charge in [0.2, 0.25) is 17.5 Å². The predicted octanol–water partition coefficient (Wildman–Crippen LogP) is 2.37. The molecule has 2 aromatic rings. The minimum absolute atomic E-state index is 0.0513. The molecule has 1 aliphatic heterocycles. The van der Waals surface area contributed by atoms with E-state index in [1.807, 2.05) is 32.0 Å². The van der Waals surface area contributed by atoms with Gasteiger partial charge < -0.3 is 15.0 Å². The Morgan fingerprint density at radius 1 is 1.28 bits per heavy atom. The number of carbonyl (C=O) groups is 2. The zero-order valence-electron chi connectivity index (χ0n) is 16.9. The number of aromatic nitrogens is 3. The summed E-state index contributed by atoms with van der Waals surface area (Å²) in [6, 6.07) is 7.53. The van der Waals surface area contributed by atoms with Crippen LogP contribution in [0.5, 0.6) is 5.88 Å². The normalized spacial score (nSPS) is 14.9. The van der Waals surface area contributed by atoms with Gasteiger partial charge in [0.15, 0.2) is 0 Å². The van der Waals surface area contributed by atoms with E-state index in [4.69, 9.17) is 16.3 Å². The predicted molar refractivity (Wildman–Crippen MR) is 109 cm³/mol. The fourth-order valence-electron chi connectivity index (χ4n) is 3.43. The molecular weight excluding hydrogens is 394 g/mol. The van der Waals surface area contributed by atoms with Crippen LogP contribution in [-0.2, 0) is 11.3 Å². The molecule has 0 bridgehead atoms. The molecule has 1 N–H and O–H groups in total. The number of nitrogens with zero attached hydrogens (tertiary/aromatic N) is 4. The highest BCUT2D eigenvalue weighted by atomic mass is 35.5. The summed E-state index contributed by atoms with van der Waals surface area (Å²) in [5, 5.41) is 11.7. The highest BCUT2D eigenvalue weighted by Gasteiger charge is 2.31. The van der Waals surface area contributed by atoms with Crippen LogP contribution in [0, 0.1) is 5.92 Å². The molecule has 29 heavy (non-hydrogen) atoms. The van der Waals surface area contributed by atoms with Crippen molar-refractivity contribution in [1.29, 1.82) is 0 Å². The Balaban J connectivity index is 1.68. The second-order valence-corrected chi connectivity index (χ2v) is 7.83. The van der Waals surface area contributed by atoms with Crippen LogP contribution >= 0.6 is 11.6 Å². The summed E-state index contributed by atoms with van der Waals surface area (Å²) >= 11 is 6.22. The molecule has 0 radical (unpaired) electrons. The second-order valence-electron chi connectivity index (χ2n) is 7.43. The quantitative estimate of drug-likeness (QED) is 0.776. The van der Waals surface area contributed by atoms with Gasteiger partial charge in [-0.3, -0.25) is 9.59 Å². The Bertz CT molecular complexity index is 875. The van der Waals surface area contributed by atoms with Crippen LogP contribution < -0.4 is 10.1 Å². The van der Waals surface area contributed by atoms with E-state index in [-0.39, 0.29) is 29.5 Å². The van der Waals surface area contributed by atoms with E-state index in [1.165, 1.54) is 11.8 Å². The van der Waals surface area contributed by atoms with E-state index >= 15 is 0 Å². The van der Waals surface area contributed by atoms with E-state index in [0.29, 0.717) is 43.4 Å². The zero-order valence-corrected chi connectivity index (χ0v) is 17.6.